The Morgan fingerprint density at radius 2 is 1.82 bits per heavy atom. The van der Waals surface area contributed by atoms with E-state index in [9.17, 15) is 0 Å². The fraction of sp³-hybridized carbons (Fsp3) is 0.267. The molecule has 0 unspecified atom stereocenters. The normalized spacial score (nSPS) is 18.5. The van der Waals surface area contributed by atoms with Crippen molar-refractivity contribution in [2.45, 2.75) is 45.8 Å². The molecule has 0 amide bonds. The molecule has 0 aliphatic heterocycles. The minimum absolute atomic E-state index is 0.0120. The summed E-state index contributed by atoms with van der Waals surface area (Å²) in [4.78, 5) is 4.59. The van der Waals surface area contributed by atoms with Gasteiger partial charge in [-0.05, 0) is 35.1 Å². The number of hydrogen-bond donors (Lipinski definition) is 0. The fourth-order valence-electron chi connectivity index (χ4n) is 5.03. The van der Waals surface area contributed by atoms with Crippen molar-refractivity contribution < 1.29 is 18.6 Å². The van der Waals surface area contributed by atoms with E-state index >= 15 is 0 Å². The highest BCUT2D eigenvalue weighted by Crippen LogP contribution is 2.51. The van der Waals surface area contributed by atoms with Crippen LogP contribution in [0.25, 0.3) is 44.3 Å². The van der Waals surface area contributed by atoms with E-state index in [1.54, 1.807) is 30.5 Å². The van der Waals surface area contributed by atoms with E-state index < -0.39 is 25.0 Å². The summed E-state index contributed by atoms with van der Waals surface area (Å²) in [6, 6.07) is 14.6. The summed E-state index contributed by atoms with van der Waals surface area (Å²) in [5.74, 6) is -0.805. The Morgan fingerprint density at radius 3 is 2.61 bits per heavy atom. The predicted octanol–water partition coefficient (Wildman–Crippen LogP) is 7.21. The lowest BCUT2D eigenvalue weighted by Gasteiger charge is -2.19. The number of pyridine rings is 2. The second-order valence-electron chi connectivity index (χ2n) is 9.17. The molecule has 2 aromatic carbocycles. The van der Waals surface area contributed by atoms with Crippen molar-refractivity contribution in [1.29, 1.82) is 0 Å². The molecule has 33 heavy (non-hydrogen) atoms. The minimum atomic E-state index is -2.90. The van der Waals surface area contributed by atoms with Gasteiger partial charge in [0, 0.05) is 49.7 Å². The second kappa shape index (κ2) is 6.77. The van der Waals surface area contributed by atoms with E-state index in [2.05, 4.69) is 4.98 Å². The zero-order chi connectivity index (χ0) is 29.0. The van der Waals surface area contributed by atoms with E-state index in [0.29, 0.717) is 27.7 Å². The van der Waals surface area contributed by atoms with Crippen LogP contribution in [0.4, 0.5) is 0 Å². The summed E-state index contributed by atoms with van der Waals surface area (Å²) < 4.78 is 68.0. The van der Waals surface area contributed by atoms with Gasteiger partial charge >= 0.3 is 0 Å². The maximum atomic E-state index is 8.56. The third-order valence-electron chi connectivity index (χ3n) is 6.83. The van der Waals surface area contributed by atoms with Crippen LogP contribution in [0.15, 0.2) is 65.3 Å². The first kappa shape index (κ1) is 13.9. The van der Waals surface area contributed by atoms with Gasteiger partial charge in [0.05, 0.1) is 11.3 Å². The van der Waals surface area contributed by atoms with Crippen molar-refractivity contribution in [3.05, 3.63) is 83.3 Å². The van der Waals surface area contributed by atoms with Gasteiger partial charge in [-0.25, -0.2) is 4.57 Å². The smallest absolute Gasteiger partial charge is 0.216 e. The monoisotopic (exact) mass is 440 g/mol. The van der Waals surface area contributed by atoms with Crippen molar-refractivity contribution in [1.82, 2.24) is 4.98 Å². The molecule has 0 bridgehead atoms. The lowest BCUT2D eigenvalue weighted by atomic mass is 9.85. The topological polar surface area (TPSA) is 29.9 Å². The molecular formula is C30H29N2O+. The quantitative estimate of drug-likeness (QED) is 0.271. The zero-order valence-corrected chi connectivity index (χ0v) is 19.1. The van der Waals surface area contributed by atoms with Crippen molar-refractivity contribution in [3.8, 4) is 22.4 Å². The first-order chi connectivity index (χ1) is 18.6. The maximum Gasteiger partial charge on any atom is 0.216 e. The molecule has 6 rings (SSSR count). The summed E-state index contributed by atoms with van der Waals surface area (Å²) in [7, 11) is 1.94. The molecular weight excluding hydrogens is 404 g/mol. The minimum Gasteiger partial charge on any atom is -0.454 e. The van der Waals surface area contributed by atoms with Gasteiger partial charge in [-0.15, -0.1) is 0 Å². The van der Waals surface area contributed by atoms with Gasteiger partial charge < -0.3 is 4.42 Å². The Balaban J connectivity index is 1.75. The summed E-state index contributed by atoms with van der Waals surface area (Å²) in [5, 5.41) is 1.47. The van der Waals surface area contributed by atoms with Crippen LogP contribution in [0.3, 0.4) is 0 Å². The van der Waals surface area contributed by atoms with E-state index in [1.807, 2.05) is 62.8 Å². The lowest BCUT2D eigenvalue weighted by molar-refractivity contribution is -0.660. The number of rotatable bonds is 2. The summed E-state index contributed by atoms with van der Waals surface area (Å²) >= 11 is 0. The van der Waals surface area contributed by atoms with Crippen LogP contribution in [0, 0.1) is 6.92 Å². The molecule has 3 heteroatoms. The van der Waals surface area contributed by atoms with Crippen LogP contribution in [0.5, 0.6) is 0 Å². The molecule has 1 aliphatic rings. The summed E-state index contributed by atoms with van der Waals surface area (Å²) in [6.07, 6.45) is 3.47. The van der Waals surface area contributed by atoms with E-state index in [1.165, 1.54) is 0 Å². The van der Waals surface area contributed by atoms with Crippen molar-refractivity contribution in [2.24, 2.45) is 7.05 Å². The first-order valence-corrected chi connectivity index (χ1v) is 11.0. The molecule has 164 valence electrons. The summed E-state index contributed by atoms with van der Waals surface area (Å²) in [5.41, 5.74) is 3.35. The first-order valence-electron chi connectivity index (χ1n) is 14.5. The number of hydrogen-bond acceptors (Lipinski definition) is 2. The van der Waals surface area contributed by atoms with Crippen LogP contribution >= 0.6 is 0 Å². The molecule has 1 aliphatic carbocycles. The molecule has 0 N–H and O–H groups in total. The number of nitrogens with zero attached hydrogens (tertiary/aromatic N) is 2. The van der Waals surface area contributed by atoms with Crippen LogP contribution in [-0.2, 0) is 12.5 Å². The average Bonchev–Trinajstić information content (AvgIpc) is 3.37. The molecule has 5 aromatic rings. The van der Waals surface area contributed by atoms with Crippen molar-refractivity contribution >= 4 is 21.9 Å². The molecule has 0 radical (unpaired) electrons. The lowest BCUT2D eigenvalue weighted by Crippen LogP contribution is -2.31. The van der Waals surface area contributed by atoms with Crippen LogP contribution in [0.1, 0.15) is 65.4 Å². The fourth-order valence-corrected chi connectivity index (χ4v) is 5.03. The van der Waals surface area contributed by atoms with Crippen molar-refractivity contribution in [3.63, 3.8) is 0 Å². The highest BCUT2D eigenvalue weighted by molar-refractivity contribution is 6.14. The molecule has 3 heterocycles. The molecule has 3 nitrogen and oxygen atoms in total. The Morgan fingerprint density at radius 1 is 1.03 bits per heavy atom. The van der Waals surface area contributed by atoms with Gasteiger partial charge in [-0.1, -0.05) is 63.9 Å². The van der Waals surface area contributed by atoms with Crippen LogP contribution < -0.4 is 4.57 Å². The maximum absolute atomic E-state index is 8.56. The van der Waals surface area contributed by atoms with Crippen molar-refractivity contribution in [2.75, 3.05) is 0 Å². The van der Waals surface area contributed by atoms with Gasteiger partial charge in [0.1, 0.15) is 18.2 Å². The number of furan rings is 1. The SMILES string of the molecule is [2H]C(C)(C)c1cc[n+](C)c(-c2c(C)ccc3c2oc2c4c(ncc23)C(C([2H])([2H])[2H])(C([2H])([2H])[2H])c2ccccc2-4)c1. The standard InChI is InChI=1S/C30H29N2O/c1-17(2)19-13-14-32(6)24(15-19)25-18(3)11-12-20-22-16-31-29-26(28(22)33-27(20)25)21-9-7-8-10-23(21)30(29,4)5/h7-17H,1-6H3/q+1/i4D3,5D3,17D. The second-order valence-corrected chi connectivity index (χ2v) is 9.17. The van der Waals surface area contributed by atoms with E-state index in [-0.39, 0.29) is 11.3 Å². The predicted molar refractivity (Wildman–Crippen MR) is 135 cm³/mol. The number of aryl methyl sites for hydroxylation is 2. The van der Waals surface area contributed by atoms with E-state index in [4.69, 9.17) is 14.0 Å². The van der Waals surface area contributed by atoms with E-state index in [0.717, 1.165) is 27.8 Å². The van der Waals surface area contributed by atoms with Crippen LogP contribution in [0.2, 0.25) is 0 Å². The van der Waals surface area contributed by atoms with Gasteiger partial charge in [0.25, 0.3) is 0 Å². The van der Waals surface area contributed by atoms with Crippen LogP contribution in [-0.4, -0.2) is 4.98 Å². The Hall–Kier alpha value is -3.46. The third kappa shape index (κ3) is 2.68. The molecule has 0 atom stereocenters. The molecule has 0 saturated heterocycles. The summed E-state index contributed by atoms with van der Waals surface area (Å²) in [6.45, 7) is -0.117. The molecule has 3 aromatic heterocycles. The number of fused-ring (bicyclic) bond motifs is 7. The average molecular weight is 441 g/mol. The largest absolute Gasteiger partial charge is 0.454 e. The van der Waals surface area contributed by atoms with Gasteiger partial charge in [0.15, 0.2) is 6.20 Å². The highest BCUT2D eigenvalue weighted by Gasteiger charge is 2.39. The number of aromatic nitrogens is 2. The Bertz CT molecular complexity index is 1830. The Kier molecular flexibility index (Phi) is 2.86. The number of benzene rings is 2. The molecule has 0 saturated carbocycles. The van der Waals surface area contributed by atoms with Gasteiger partial charge in [-0.2, -0.15) is 0 Å². The highest BCUT2D eigenvalue weighted by atomic mass is 16.3. The molecule has 0 fully saturated rings. The molecule has 0 spiro atoms. The Labute approximate surface area is 204 Å². The third-order valence-corrected chi connectivity index (χ3v) is 6.83. The zero-order valence-electron chi connectivity index (χ0n) is 26.1. The van der Waals surface area contributed by atoms with Gasteiger partial charge in [0.2, 0.25) is 5.69 Å². The van der Waals surface area contributed by atoms with Gasteiger partial charge in [-0.3, -0.25) is 4.98 Å².